The van der Waals surface area contributed by atoms with Crippen LogP contribution in [0, 0.1) is 0 Å². The van der Waals surface area contributed by atoms with Crippen LogP contribution in [-0.2, 0) is 4.79 Å². The zero-order valence-corrected chi connectivity index (χ0v) is 6.52. The third kappa shape index (κ3) is 1.58. The van der Waals surface area contributed by atoms with E-state index in [1.165, 1.54) is 0 Å². The van der Waals surface area contributed by atoms with Gasteiger partial charge in [-0.15, -0.1) is 0 Å². The van der Waals surface area contributed by atoms with Gasteiger partial charge in [0.1, 0.15) is 0 Å². The molecule has 0 saturated carbocycles. The Morgan fingerprint density at radius 2 is 2.45 bits per heavy atom. The zero-order valence-electron chi connectivity index (χ0n) is 6.52. The highest BCUT2D eigenvalue weighted by molar-refractivity contribution is 5.42. The molecule has 60 valence electrons. The second-order valence-electron chi connectivity index (χ2n) is 2.42. The quantitative estimate of drug-likeness (QED) is 0.610. The molecule has 1 rings (SSSR count). The van der Waals surface area contributed by atoms with E-state index in [1.807, 2.05) is 13.8 Å². The minimum Gasteiger partial charge on any atom is -0.410 e. The average Bonchev–Trinajstić information content (AvgIpc) is 2.36. The van der Waals surface area contributed by atoms with Gasteiger partial charge in [-0.1, -0.05) is 0 Å². The molecular weight excluding hydrogens is 144 g/mol. The third-order valence-electron chi connectivity index (χ3n) is 1.29. The SMILES string of the molecule is CC(C)n1nccc1OC=O. The summed E-state index contributed by atoms with van der Waals surface area (Å²) in [6.07, 6.45) is 1.60. The van der Waals surface area contributed by atoms with E-state index in [0.29, 0.717) is 12.4 Å². The maximum Gasteiger partial charge on any atom is 0.299 e. The van der Waals surface area contributed by atoms with Crippen molar-refractivity contribution in [2.75, 3.05) is 0 Å². The Kier molecular flexibility index (Phi) is 2.25. The van der Waals surface area contributed by atoms with Crippen molar-refractivity contribution in [1.82, 2.24) is 9.78 Å². The Morgan fingerprint density at radius 3 is 3.00 bits per heavy atom. The number of carbonyl (C=O) groups is 1. The van der Waals surface area contributed by atoms with Crippen molar-refractivity contribution in [1.29, 1.82) is 0 Å². The Balaban J connectivity index is 2.86. The highest BCUT2D eigenvalue weighted by Gasteiger charge is 2.05. The summed E-state index contributed by atoms with van der Waals surface area (Å²) < 4.78 is 6.29. The van der Waals surface area contributed by atoms with Crippen molar-refractivity contribution < 1.29 is 9.53 Å². The summed E-state index contributed by atoms with van der Waals surface area (Å²) in [6.45, 7) is 4.32. The van der Waals surface area contributed by atoms with Gasteiger partial charge >= 0.3 is 0 Å². The Labute approximate surface area is 64.8 Å². The number of nitrogens with zero attached hydrogens (tertiary/aromatic N) is 2. The molecule has 0 atom stereocenters. The molecule has 0 radical (unpaired) electrons. The van der Waals surface area contributed by atoms with E-state index < -0.39 is 0 Å². The van der Waals surface area contributed by atoms with Crippen LogP contribution in [-0.4, -0.2) is 16.3 Å². The van der Waals surface area contributed by atoms with Crippen LogP contribution in [0.15, 0.2) is 12.3 Å². The monoisotopic (exact) mass is 154 g/mol. The standard InChI is InChI=1S/C7H10N2O2/c1-6(2)9-7(11-5-10)3-4-8-9/h3-6H,1-2H3. The van der Waals surface area contributed by atoms with Crippen LogP contribution in [0.4, 0.5) is 0 Å². The maximum atomic E-state index is 9.98. The van der Waals surface area contributed by atoms with Gasteiger partial charge in [0.15, 0.2) is 0 Å². The van der Waals surface area contributed by atoms with Gasteiger partial charge in [-0.2, -0.15) is 5.10 Å². The van der Waals surface area contributed by atoms with Crippen molar-refractivity contribution in [3.05, 3.63) is 12.3 Å². The van der Waals surface area contributed by atoms with E-state index in [-0.39, 0.29) is 6.04 Å². The second-order valence-corrected chi connectivity index (χ2v) is 2.42. The number of ether oxygens (including phenoxy) is 1. The molecule has 0 aliphatic carbocycles. The Hall–Kier alpha value is -1.32. The molecule has 0 unspecified atom stereocenters. The first-order valence-electron chi connectivity index (χ1n) is 3.39. The van der Waals surface area contributed by atoms with Crippen LogP contribution in [0.25, 0.3) is 0 Å². The number of carbonyl (C=O) groups excluding carboxylic acids is 1. The summed E-state index contributed by atoms with van der Waals surface area (Å²) in [4.78, 5) is 9.98. The largest absolute Gasteiger partial charge is 0.410 e. The number of hydrogen-bond acceptors (Lipinski definition) is 3. The number of hydrogen-bond donors (Lipinski definition) is 0. The van der Waals surface area contributed by atoms with Crippen LogP contribution >= 0.6 is 0 Å². The highest BCUT2D eigenvalue weighted by atomic mass is 16.5. The lowest BCUT2D eigenvalue weighted by Gasteiger charge is -2.07. The molecule has 0 saturated heterocycles. The zero-order chi connectivity index (χ0) is 8.27. The van der Waals surface area contributed by atoms with Gasteiger partial charge in [0.05, 0.1) is 12.2 Å². The predicted molar refractivity (Wildman–Crippen MR) is 39.3 cm³/mol. The fourth-order valence-electron chi connectivity index (χ4n) is 0.833. The lowest BCUT2D eigenvalue weighted by molar-refractivity contribution is -0.121. The summed E-state index contributed by atoms with van der Waals surface area (Å²) in [5.41, 5.74) is 0. The lowest BCUT2D eigenvalue weighted by Crippen LogP contribution is -2.05. The molecule has 4 heteroatoms. The van der Waals surface area contributed by atoms with Crippen LogP contribution < -0.4 is 4.74 Å². The lowest BCUT2D eigenvalue weighted by atomic mass is 10.4. The molecule has 1 heterocycles. The second kappa shape index (κ2) is 3.18. The molecule has 0 bridgehead atoms. The van der Waals surface area contributed by atoms with Crippen molar-refractivity contribution in [3.63, 3.8) is 0 Å². The average molecular weight is 154 g/mol. The van der Waals surface area contributed by atoms with Crippen LogP contribution in [0.5, 0.6) is 5.88 Å². The molecule has 0 amide bonds. The van der Waals surface area contributed by atoms with Crippen molar-refractivity contribution >= 4 is 6.47 Å². The molecule has 4 nitrogen and oxygen atoms in total. The van der Waals surface area contributed by atoms with Gasteiger partial charge in [0, 0.05) is 6.07 Å². The fourth-order valence-corrected chi connectivity index (χ4v) is 0.833. The van der Waals surface area contributed by atoms with Gasteiger partial charge < -0.3 is 4.74 Å². The minimum absolute atomic E-state index is 0.208. The van der Waals surface area contributed by atoms with E-state index in [0.717, 1.165) is 0 Å². The Bertz CT molecular complexity index is 242. The predicted octanol–water partition coefficient (Wildman–Crippen LogP) is 0.999. The van der Waals surface area contributed by atoms with E-state index >= 15 is 0 Å². The molecule has 11 heavy (non-hydrogen) atoms. The van der Waals surface area contributed by atoms with Crippen molar-refractivity contribution in [3.8, 4) is 5.88 Å². The topological polar surface area (TPSA) is 44.1 Å². The normalized spacial score (nSPS) is 10.1. The first-order valence-corrected chi connectivity index (χ1v) is 3.39. The molecule has 0 spiro atoms. The smallest absolute Gasteiger partial charge is 0.299 e. The molecule has 0 N–H and O–H groups in total. The van der Waals surface area contributed by atoms with Crippen LogP contribution in [0.2, 0.25) is 0 Å². The summed E-state index contributed by atoms with van der Waals surface area (Å²) in [7, 11) is 0. The molecule has 0 fully saturated rings. The summed E-state index contributed by atoms with van der Waals surface area (Å²) in [5.74, 6) is 0.481. The molecule has 0 aliphatic rings. The molecule has 0 aliphatic heterocycles. The van der Waals surface area contributed by atoms with Crippen molar-refractivity contribution in [2.24, 2.45) is 0 Å². The van der Waals surface area contributed by atoms with Crippen LogP contribution in [0.3, 0.4) is 0 Å². The van der Waals surface area contributed by atoms with Gasteiger partial charge in [0.25, 0.3) is 6.47 Å². The first kappa shape index (κ1) is 7.78. The maximum absolute atomic E-state index is 9.98. The van der Waals surface area contributed by atoms with E-state index in [1.54, 1.807) is 16.9 Å². The summed E-state index contributed by atoms with van der Waals surface area (Å²) >= 11 is 0. The van der Waals surface area contributed by atoms with Gasteiger partial charge in [-0.3, -0.25) is 4.79 Å². The number of aromatic nitrogens is 2. The summed E-state index contributed by atoms with van der Waals surface area (Å²) in [5, 5.41) is 3.97. The van der Waals surface area contributed by atoms with Crippen molar-refractivity contribution in [2.45, 2.75) is 19.9 Å². The third-order valence-corrected chi connectivity index (χ3v) is 1.29. The molecule has 0 aromatic carbocycles. The fraction of sp³-hybridized carbons (Fsp3) is 0.429. The van der Waals surface area contributed by atoms with E-state index in [4.69, 9.17) is 0 Å². The number of rotatable bonds is 3. The van der Waals surface area contributed by atoms with E-state index in [9.17, 15) is 4.79 Å². The van der Waals surface area contributed by atoms with Gasteiger partial charge in [-0.05, 0) is 13.8 Å². The molecule has 1 aromatic heterocycles. The van der Waals surface area contributed by atoms with Crippen LogP contribution in [0.1, 0.15) is 19.9 Å². The molecule has 1 aromatic rings. The van der Waals surface area contributed by atoms with E-state index in [2.05, 4.69) is 9.84 Å². The highest BCUT2D eigenvalue weighted by Crippen LogP contribution is 2.14. The first-order chi connectivity index (χ1) is 5.25. The minimum atomic E-state index is 0.208. The molecular formula is C7H10N2O2. The Morgan fingerprint density at radius 1 is 1.73 bits per heavy atom. The van der Waals surface area contributed by atoms with Gasteiger partial charge in [0.2, 0.25) is 5.88 Å². The van der Waals surface area contributed by atoms with Gasteiger partial charge in [-0.25, -0.2) is 4.68 Å². The summed E-state index contributed by atoms with van der Waals surface area (Å²) in [6, 6.07) is 1.86.